The lowest BCUT2D eigenvalue weighted by Crippen LogP contribution is -2.29. The van der Waals surface area contributed by atoms with Crippen molar-refractivity contribution in [3.8, 4) is 0 Å². The minimum absolute atomic E-state index is 0.0155. The number of benzene rings is 1. The van der Waals surface area contributed by atoms with Crippen LogP contribution in [0.2, 0.25) is 0 Å². The number of anilines is 1. The Balaban J connectivity index is 1.92. The van der Waals surface area contributed by atoms with Crippen LogP contribution in [0.1, 0.15) is 13.3 Å². The molecule has 0 aliphatic heterocycles. The first kappa shape index (κ1) is 15.0. The van der Waals surface area contributed by atoms with Gasteiger partial charge in [0, 0.05) is 24.6 Å². The number of nitrogens with zero attached hydrogens (tertiary/aromatic N) is 3. The first-order chi connectivity index (χ1) is 11.2. The van der Waals surface area contributed by atoms with Gasteiger partial charge in [0.2, 0.25) is 5.91 Å². The van der Waals surface area contributed by atoms with Crippen molar-refractivity contribution >= 4 is 22.6 Å². The fourth-order valence-corrected chi connectivity index (χ4v) is 2.64. The zero-order chi connectivity index (χ0) is 16.2. The van der Waals surface area contributed by atoms with Gasteiger partial charge in [0.05, 0.1) is 11.0 Å². The normalized spacial score (nSPS) is 10.8. The molecule has 0 saturated heterocycles. The standard InChI is InChI=1S/C17H18N4O2/c1-2-11-20-14-5-3-4-6-15(14)21(17(20)23)12-16(22)19-13-7-9-18-10-8-13/h3-10H,2,11-12H2,1H3,(H,18,19,22). The van der Waals surface area contributed by atoms with E-state index in [1.165, 1.54) is 4.57 Å². The number of rotatable bonds is 5. The van der Waals surface area contributed by atoms with Crippen molar-refractivity contribution in [3.05, 3.63) is 59.3 Å². The van der Waals surface area contributed by atoms with Gasteiger partial charge in [-0.05, 0) is 30.7 Å². The van der Waals surface area contributed by atoms with E-state index in [-0.39, 0.29) is 18.1 Å². The predicted octanol–water partition coefficient (Wildman–Crippen LogP) is 2.25. The highest BCUT2D eigenvalue weighted by atomic mass is 16.2. The zero-order valence-electron chi connectivity index (χ0n) is 12.9. The third-order valence-electron chi connectivity index (χ3n) is 3.64. The molecule has 2 heterocycles. The molecular weight excluding hydrogens is 292 g/mol. The maximum absolute atomic E-state index is 12.6. The SMILES string of the molecule is CCCn1c(=O)n(CC(=O)Nc2ccncc2)c2ccccc21. The molecular formula is C17H18N4O2. The molecule has 0 unspecified atom stereocenters. The molecule has 0 spiro atoms. The number of amides is 1. The van der Waals surface area contributed by atoms with Crippen LogP contribution in [0.4, 0.5) is 5.69 Å². The fraction of sp³-hybridized carbons (Fsp3) is 0.235. The molecule has 3 aromatic rings. The summed E-state index contributed by atoms with van der Waals surface area (Å²) in [6.45, 7) is 2.64. The number of pyridine rings is 1. The molecule has 0 radical (unpaired) electrons. The van der Waals surface area contributed by atoms with Crippen molar-refractivity contribution in [1.82, 2.24) is 14.1 Å². The van der Waals surface area contributed by atoms with Gasteiger partial charge in [-0.1, -0.05) is 19.1 Å². The van der Waals surface area contributed by atoms with Gasteiger partial charge in [-0.15, -0.1) is 0 Å². The number of nitrogens with one attached hydrogen (secondary N) is 1. The van der Waals surface area contributed by atoms with E-state index < -0.39 is 0 Å². The van der Waals surface area contributed by atoms with Crippen molar-refractivity contribution in [2.24, 2.45) is 0 Å². The Bertz CT molecular complexity index is 880. The maximum Gasteiger partial charge on any atom is 0.329 e. The lowest BCUT2D eigenvalue weighted by molar-refractivity contribution is -0.116. The molecule has 6 heteroatoms. The van der Waals surface area contributed by atoms with Crippen molar-refractivity contribution in [3.63, 3.8) is 0 Å². The van der Waals surface area contributed by atoms with Gasteiger partial charge in [-0.2, -0.15) is 0 Å². The second-order valence-electron chi connectivity index (χ2n) is 5.29. The highest BCUT2D eigenvalue weighted by Crippen LogP contribution is 2.13. The van der Waals surface area contributed by atoms with E-state index in [4.69, 9.17) is 0 Å². The molecule has 0 fully saturated rings. The first-order valence-electron chi connectivity index (χ1n) is 7.58. The number of hydrogen-bond acceptors (Lipinski definition) is 3. The van der Waals surface area contributed by atoms with Gasteiger partial charge < -0.3 is 5.32 Å². The van der Waals surface area contributed by atoms with Crippen LogP contribution in [-0.2, 0) is 17.9 Å². The average molecular weight is 310 g/mol. The van der Waals surface area contributed by atoms with Crippen LogP contribution >= 0.6 is 0 Å². The number of fused-ring (bicyclic) bond motifs is 1. The fourth-order valence-electron chi connectivity index (χ4n) is 2.64. The molecule has 0 aliphatic carbocycles. The van der Waals surface area contributed by atoms with Crippen LogP contribution in [0, 0.1) is 0 Å². The van der Waals surface area contributed by atoms with Crippen LogP contribution in [-0.4, -0.2) is 20.0 Å². The summed E-state index contributed by atoms with van der Waals surface area (Å²) in [5.41, 5.74) is 2.14. The largest absolute Gasteiger partial charge is 0.329 e. The molecule has 0 saturated carbocycles. The molecule has 118 valence electrons. The topological polar surface area (TPSA) is 68.9 Å². The number of para-hydroxylation sites is 2. The van der Waals surface area contributed by atoms with Gasteiger partial charge >= 0.3 is 5.69 Å². The predicted molar refractivity (Wildman–Crippen MR) is 89.4 cm³/mol. The Labute approximate surface area is 133 Å². The second kappa shape index (κ2) is 6.48. The molecule has 1 amide bonds. The maximum atomic E-state index is 12.6. The van der Waals surface area contributed by atoms with Crippen molar-refractivity contribution in [2.75, 3.05) is 5.32 Å². The molecule has 2 aromatic heterocycles. The van der Waals surface area contributed by atoms with E-state index in [9.17, 15) is 9.59 Å². The molecule has 23 heavy (non-hydrogen) atoms. The third-order valence-corrected chi connectivity index (χ3v) is 3.64. The van der Waals surface area contributed by atoms with Gasteiger partial charge in [0.1, 0.15) is 6.54 Å². The number of carbonyl (C=O) groups excluding carboxylic acids is 1. The summed E-state index contributed by atoms with van der Waals surface area (Å²) in [5, 5.41) is 2.78. The van der Waals surface area contributed by atoms with Gasteiger partial charge in [-0.25, -0.2) is 4.79 Å². The molecule has 6 nitrogen and oxygen atoms in total. The Hall–Kier alpha value is -2.89. The van der Waals surface area contributed by atoms with Crippen molar-refractivity contribution in [2.45, 2.75) is 26.4 Å². The van der Waals surface area contributed by atoms with Gasteiger partial charge in [0.15, 0.2) is 0 Å². The number of aromatic nitrogens is 3. The molecule has 1 aromatic carbocycles. The van der Waals surface area contributed by atoms with Crippen LogP contribution < -0.4 is 11.0 Å². The Morgan fingerprint density at radius 2 is 1.74 bits per heavy atom. The highest BCUT2D eigenvalue weighted by Gasteiger charge is 2.14. The average Bonchev–Trinajstić information content (AvgIpc) is 2.82. The molecule has 1 N–H and O–H groups in total. The van der Waals surface area contributed by atoms with Gasteiger partial charge in [-0.3, -0.25) is 18.9 Å². The molecule has 0 aliphatic rings. The van der Waals surface area contributed by atoms with E-state index in [1.807, 2.05) is 31.2 Å². The summed E-state index contributed by atoms with van der Waals surface area (Å²) < 4.78 is 3.23. The Morgan fingerprint density at radius 3 is 2.39 bits per heavy atom. The van der Waals surface area contributed by atoms with E-state index in [1.54, 1.807) is 29.1 Å². The van der Waals surface area contributed by atoms with Crippen LogP contribution in [0.3, 0.4) is 0 Å². The molecule has 3 rings (SSSR count). The van der Waals surface area contributed by atoms with Crippen molar-refractivity contribution in [1.29, 1.82) is 0 Å². The van der Waals surface area contributed by atoms with Crippen LogP contribution in [0.15, 0.2) is 53.6 Å². The summed E-state index contributed by atoms with van der Waals surface area (Å²) in [6.07, 6.45) is 4.07. The number of imidazole rings is 1. The Kier molecular flexibility index (Phi) is 4.23. The number of aryl methyl sites for hydroxylation is 1. The highest BCUT2D eigenvalue weighted by molar-refractivity contribution is 5.91. The summed E-state index contributed by atoms with van der Waals surface area (Å²) in [5.74, 6) is -0.238. The quantitative estimate of drug-likeness (QED) is 0.786. The molecule has 0 bridgehead atoms. The van der Waals surface area contributed by atoms with Crippen LogP contribution in [0.5, 0.6) is 0 Å². The van der Waals surface area contributed by atoms with Gasteiger partial charge in [0.25, 0.3) is 0 Å². The summed E-state index contributed by atoms with van der Waals surface area (Å²) in [7, 11) is 0. The van der Waals surface area contributed by atoms with E-state index in [2.05, 4.69) is 10.3 Å². The summed E-state index contributed by atoms with van der Waals surface area (Å²) in [6, 6.07) is 11.0. The van der Waals surface area contributed by atoms with Crippen molar-refractivity contribution < 1.29 is 4.79 Å². The summed E-state index contributed by atoms with van der Waals surface area (Å²) in [4.78, 5) is 28.8. The summed E-state index contributed by atoms with van der Waals surface area (Å²) >= 11 is 0. The third kappa shape index (κ3) is 3.01. The monoisotopic (exact) mass is 310 g/mol. The lowest BCUT2D eigenvalue weighted by Gasteiger charge is -2.05. The number of carbonyl (C=O) groups is 1. The second-order valence-corrected chi connectivity index (χ2v) is 5.29. The molecule has 0 atom stereocenters. The smallest absolute Gasteiger partial charge is 0.324 e. The van der Waals surface area contributed by atoms with Crippen LogP contribution in [0.25, 0.3) is 11.0 Å². The Morgan fingerprint density at radius 1 is 1.09 bits per heavy atom. The minimum atomic E-state index is -0.238. The number of hydrogen-bond donors (Lipinski definition) is 1. The van der Waals surface area contributed by atoms with E-state index in [0.29, 0.717) is 12.2 Å². The zero-order valence-corrected chi connectivity index (χ0v) is 12.9. The first-order valence-corrected chi connectivity index (χ1v) is 7.58. The van der Waals surface area contributed by atoms with E-state index in [0.717, 1.165) is 17.5 Å². The minimum Gasteiger partial charge on any atom is -0.324 e. The lowest BCUT2D eigenvalue weighted by atomic mass is 10.3. The van der Waals surface area contributed by atoms with E-state index >= 15 is 0 Å².